The molecule has 3 aromatic rings. The number of aromatic amines is 1. The fourth-order valence-corrected chi connectivity index (χ4v) is 3.20. The van der Waals surface area contributed by atoms with Crippen molar-refractivity contribution in [1.82, 2.24) is 14.9 Å². The second-order valence-electron chi connectivity index (χ2n) is 6.06. The van der Waals surface area contributed by atoms with E-state index in [2.05, 4.69) is 27.1 Å². The van der Waals surface area contributed by atoms with Crippen molar-refractivity contribution >= 4 is 16.6 Å². The summed E-state index contributed by atoms with van der Waals surface area (Å²) in [5, 5.41) is 2.04. The van der Waals surface area contributed by atoms with Crippen molar-refractivity contribution in [2.75, 3.05) is 18.8 Å². The first kappa shape index (κ1) is 14.1. The molecule has 0 amide bonds. The van der Waals surface area contributed by atoms with Crippen LogP contribution in [-0.4, -0.2) is 34.1 Å². The summed E-state index contributed by atoms with van der Waals surface area (Å²) in [6.07, 6.45) is 7.05. The molecule has 5 heteroatoms. The molecule has 1 aromatic carbocycles. The van der Waals surface area contributed by atoms with Crippen molar-refractivity contribution in [1.29, 1.82) is 0 Å². The van der Waals surface area contributed by atoms with E-state index in [0.29, 0.717) is 5.82 Å². The van der Waals surface area contributed by atoms with Gasteiger partial charge in [-0.15, -0.1) is 0 Å². The highest BCUT2D eigenvalue weighted by Gasteiger charge is 2.24. The van der Waals surface area contributed by atoms with Gasteiger partial charge in [0, 0.05) is 43.6 Å². The van der Waals surface area contributed by atoms with Crippen molar-refractivity contribution in [2.45, 2.75) is 19.1 Å². The van der Waals surface area contributed by atoms with Gasteiger partial charge in [0.25, 0.3) is 0 Å². The van der Waals surface area contributed by atoms with Crippen LogP contribution >= 0.6 is 0 Å². The lowest BCUT2D eigenvalue weighted by Gasteiger charge is -2.16. The van der Waals surface area contributed by atoms with Crippen LogP contribution in [-0.2, 0) is 6.54 Å². The number of nitrogens with zero attached hydrogens (tertiary/aromatic N) is 2. The Balaban J connectivity index is 1.42. The van der Waals surface area contributed by atoms with E-state index in [4.69, 9.17) is 10.5 Å². The third kappa shape index (κ3) is 3.00. The van der Waals surface area contributed by atoms with E-state index in [1.165, 1.54) is 5.56 Å². The number of pyridine rings is 1. The minimum atomic E-state index is 0.241. The maximum atomic E-state index is 6.16. The topological polar surface area (TPSA) is 67.2 Å². The number of hydrogen-bond donors (Lipinski definition) is 2. The molecular weight excluding hydrogens is 288 g/mol. The molecule has 1 saturated heterocycles. The lowest BCUT2D eigenvalue weighted by Crippen LogP contribution is -2.24. The molecule has 1 fully saturated rings. The predicted molar refractivity (Wildman–Crippen MR) is 91.3 cm³/mol. The Labute approximate surface area is 135 Å². The van der Waals surface area contributed by atoms with Crippen LogP contribution in [0.15, 0.2) is 48.9 Å². The Morgan fingerprint density at radius 2 is 2.26 bits per heavy atom. The summed E-state index contributed by atoms with van der Waals surface area (Å²) in [5.41, 5.74) is 7.21. The number of nitrogens with one attached hydrogen (secondary N) is 1. The fraction of sp³-hybridized carbons (Fsp3) is 0.278. The number of nitrogen functional groups attached to an aromatic ring is 1. The van der Waals surface area contributed by atoms with Crippen LogP contribution < -0.4 is 10.5 Å². The zero-order valence-corrected chi connectivity index (χ0v) is 12.9. The summed E-state index contributed by atoms with van der Waals surface area (Å²) in [6.45, 7) is 3.01. The van der Waals surface area contributed by atoms with E-state index in [9.17, 15) is 0 Å². The molecule has 1 atom stereocenters. The lowest BCUT2D eigenvalue weighted by molar-refractivity contribution is 0.198. The molecule has 1 aliphatic rings. The average Bonchev–Trinajstić information content (AvgIpc) is 3.20. The number of likely N-dealkylation sites (tertiary alicyclic amines) is 1. The number of ether oxygens (including phenoxy) is 1. The Bertz CT molecular complexity index is 800. The van der Waals surface area contributed by atoms with Gasteiger partial charge in [0.2, 0.25) is 0 Å². The van der Waals surface area contributed by atoms with E-state index in [1.54, 1.807) is 6.20 Å². The van der Waals surface area contributed by atoms with Crippen LogP contribution in [0, 0.1) is 0 Å². The van der Waals surface area contributed by atoms with E-state index in [0.717, 1.165) is 42.6 Å². The SMILES string of the molecule is Nc1nccc2cc(OC3CCN(Cc4cc[nH]c4)C3)ccc12. The summed E-state index contributed by atoms with van der Waals surface area (Å²) >= 11 is 0. The number of H-pyrrole nitrogens is 1. The number of nitrogens with two attached hydrogens (primary N) is 1. The molecule has 2 aromatic heterocycles. The van der Waals surface area contributed by atoms with Crippen LogP contribution in [0.2, 0.25) is 0 Å². The molecule has 0 saturated carbocycles. The quantitative estimate of drug-likeness (QED) is 0.778. The van der Waals surface area contributed by atoms with Gasteiger partial charge in [0.1, 0.15) is 17.7 Å². The zero-order chi connectivity index (χ0) is 15.6. The molecule has 3 heterocycles. The monoisotopic (exact) mass is 308 g/mol. The van der Waals surface area contributed by atoms with Crippen LogP contribution in [0.4, 0.5) is 5.82 Å². The number of fused-ring (bicyclic) bond motifs is 1. The summed E-state index contributed by atoms with van der Waals surface area (Å²) in [5.74, 6) is 1.46. The molecule has 5 nitrogen and oxygen atoms in total. The number of rotatable bonds is 4. The van der Waals surface area contributed by atoms with Crippen LogP contribution in [0.1, 0.15) is 12.0 Å². The number of aromatic nitrogens is 2. The highest BCUT2D eigenvalue weighted by Crippen LogP contribution is 2.26. The highest BCUT2D eigenvalue weighted by atomic mass is 16.5. The first-order chi connectivity index (χ1) is 11.3. The molecule has 118 valence electrons. The molecule has 1 aliphatic heterocycles. The molecule has 23 heavy (non-hydrogen) atoms. The first-order valence-electron chi connectivity index (χ1n) is 7.93. The van der Waals surface area contributed by atoms with Gasteiger partial charge in [-0.1, -0.05) is 0 Å². The van der Waals surface area contributed by atoms with Crippen molar-refractivity contribution in [2.24, 2.45) is 0 Å². The van der Waals surface area contributed by atoms with Gasteiger partial charge >= 0.3 is 0 Å². The second kappa shape index (κ2) is 5.93. The maximum Gasteiger partial charge on any atom is 0.131 e. The van der Waals surface area contributed by atoms with Crippen LogP contribution in [0.3, 0.4) is 0 Å². The van der Waals surface area contributed by atoms with Gasteiger partial charge in [-0.25, -0.2) is 4.98 Å². The van der Waals surface area contributed by atoms with Crippen molar-refractivity contribution < 1.29 is 4.74 Å². The molecule has 0 aliphatic carbocycles. The van der Waals surface area contributed by atoms with Crippen molar-refractivity contribution in [3.63, 3.8) is 0 Å². The zero-order valence-electron chi connectivity index (χ0n) is 12.9. The average molecular weight is 308 g/mol. The van der Waals surface area contributed by atoms with E-state index < -0.39 is 0 Å². The predicted octanol–water partition coefficient (Wildman–Crippen LogP) is 2.80. The molecule has 0 radical (unpaired) electrons. The van der Waals surface area contributed by atoms with Crippen LogP contribution in [0.5, 0.6) is 5.75 Å². The second-order valence-corrected chi connectivity index (χ2v) is 6.06. The Morgan fingerprint density at radius 3 is 3.13 bits per heavy atom. The normalized spacial score (nSPS) is 18.5. The van der Waals surface area contributed by atoms with Gasteiger partial charge in [-0.2, -0.15) is 0 Å². The number of benzene rings is 1. The van der Waals surface area contributed by atoms with Gasteiger partial charge < -0.3 is 15.5 Å². The van der Waals surface area contributed by atoms with E-state index in [-0.39, 0.29) is 6.10 Å². The van der Waals surface area contributed by atoms with E-state index in [1.807, 2.05) is 30.5 Å². The third-order valence-electron chi connectivity index (χ3n) is 4.37. The Hall–Kier alpha value is -2.53. The Kier molecular flexibility index (Phi) is 3.63. The maximum absolute atomic E-state index is 6.16. The first-order valence-corrected chi connectivity index (χ1v) is 7.93. The summed E-state index contributed by atoms with van der Waals surface area (Å²) in [4.78, 5) is 9.64. The summed E-state index contributed by atoms with van der Waals surface area (Å²) in [7, 11) is 0. The molecule has 0 spiro atoms. The molecular formula is C18H20N4O. The van der Waals surface area contributed by atoms with Gasteiger partial charge in [0.05, 0.1) is 0 Å². The molecule has 1 unspecified atom stereocenters. The summed E-state index contributed by atoms with van der Waals surface area (Å²) in [6, 6.07) is 10.1. The van der Waals surface area contributed by atoms with E-state index >= 15 is 0 Å². The van der Waals surface area contributed by atoms with Crippen molar-refractivity contribution in [3.8, 4) is 5.75 Å². The van der Waals surface area contributed by atoms with Crippen LogP contribution in [0.25, 0.3) is 10.8 Å². The van der Waals surface area contributed by atoms with Crippen molar-refractivity contribution in [3.05, 3.63) is 54.5 Å². The molecule has 3 N–H and O–H groups in total. The largest absolute Gasteiger partial charge is 0.489 e. The Morgan fingerprint density at radius 1 is 1.30 bits per heavy atom. The van der Waals surface area contributed by atoms with Gasteiger partial charge in [-0.3, -0.25) is 4.90 Å². The summed E-state index contributed by atoms with van der Waals surface area (Å²) < 4.78 is 6.16. The minimum Gasteiger partial charge on any atom is -0.489 e. The third-order valence-corrected chi connectivity index (χ3v) is 4.37. The molecule has 4 rings (SSSR count). The minimum absolute atomic E-state index is 0.241. The molecule has 0 bridgehead atoms. The van der Waals surface area contributed by atoms with Gasteiger partial charge in [-0.05, 0) is 47.7 Å². The lowest BCUT2D eigenvalue weighted by atomic mass is 10.1. The number of anilines is 1. The fourth-order valence-electron chi connectivity index (χ4n) is 3.20. The highest BCUT2D eigenvalue weighted by molar-refractivity contribution is 5.91. The standard InChI is InChI=1S/C18H20N4O/c19-18-17-2-1-15(9-14(17)4-7-21-18)23-16-5-8-22(12-16)11-13-3-6-20-10-13/h1-4,6-7,9-10,16,20H,5,8,11-12H2,(H2,19,21). The number of hydrogen-bond acceptors (Lipinski definition) is 4. The van der Waals surface area contributed by atoms with Gasteiger partial charge in [0.15, 0.2) is 0 Å². The smallest absolute Gasteiger partial charge is 0.131 e.